The summed E-state index contributed by atoms with van der Waals surface area (Å²) in [7, 11) is 0. The van der Waals surface area contributed by atoms with Crippen LogP contribution >= 0.6 is 11.3 Å². The lowest BCUT2D eigenvalue weighted by Gasteiger charge is -2.25. The topological polar surface area (TPSA) is 75.1 Å². The molecule has 0 aliphatic heterocycles. The molecule has 9 heteroatoms. The van der Waals surface area contributed by atoms with E-state index in [-0.39, 0.29) is 12.3 Å². The zero-order valence-corrected chi connectivity index (χ0v) is 16.8. The van der Waals surface area contributed by atoms with E-state index < -0.39 is 17.8 Å². The summed E-state index contributed by atoms with van der Waals surface area (Å²) in [6, 6.07) is 8.49. The Balaban J connectivity index is 1.49. The average molecular weight is 435 g/mol. The van der Waals surface area contributed by atoms with E-state index in [1.807, 2.05) is 0 Å². The molecular weight excluding hydrogens is 415 g/mol. The monoisotopic (exact) mass is 435 g/mol. The molecule has 1 fully saturated rings. The van der Waals surface area contributed by atoms with E-state index in [1.165, 1.54) is 6.07 Å². The molecule has 0 unspecified atom stereocenters. The number of rotatable bonds is 4. The van der Waals surface area contributed by atoms with Crippen LogP contribution in [-0.4, -0.2) is 27.6 Å². The van der Waals surface area contributed by atoms with Gasteiger partial charge in [-0.2, -0.15) is 13.2 Å². The van der Waals surface area contributed by atoms with Crippen molar-refractivity contribution in [2.24, 2.45) is 5.92 Å². The molecule has 3 aromatic rings. The van der Waals surface area contributed by atoms with Gasteiger partial charge < -0.3 is 10.4 Å². The Bertz CT molecular complexity index is 1060. The van der Waals surface area contributed by atoms with Crippen molar-refractivity contribution in [3.05, 3.63) is 52.8 Å². The maximum absolute atomic E-state index is 12.8. The van der Waals surface area contributed by atoms with Crippen molar-refractivity contribution in [1.29, 1.82) is 0 Å². The largest absolute Gasteiger partial charge is 0.433 e. The van der Waals surface area contributed by atoms with Crippen LogP contribution in [0.3, 0.4) is 0 Å². The second-order valence-corrected chi connectivity index (χ2v) is 8.56. The molecule has 2 heterocycles. The number of anilines is 1. The number of nitrogens with zero attached hydrogens (tertiary/aromatic N) is 2. The van der Waals surface area contributed by atoms with E-state index in [0.29, 0.717) is 17.5 Å². The number of benzene rings is 1. The Morgan fingerprint density at radius 3 is 2.60 bits per heavy atom. The molecule has 1 amide bonds. The number of hydrogen-bond acceptors (Lipinski definition) is 5. The number of amides is 1. The summed E-state index contributed by atoms with van der Waals surface area (Å²) >= 11 is 1.57. The van der Waals surface area contributed by atoms with Gasteiger partial charge >= 0.3 is 6.18 Å². The fourth-order valence-corrected chi connectivity index (χ4v) is 4.88. The zero-order chi connectivity index (χ0) is 21.3. The summed E-state index contributed by atoms with van der Waals surface area (Å²) in [6.45, 7) is 0.232. The third-order valence-corrected chi connectivity index (χ3v) is 6.57. The van der Waals surface area contributed by atoms with Gasteiger partial charge in [0.05, 0.1) is 15.2 Å². The number of nitrogens with one attached hydrogen (secondary N) is 1. The maximum Gasteiger partial charge on any atom is 0.433 e. The standard InChI is InChI=1S/C21H20F3N3O2S/c22-21(23,24)18-3-1-2-16(26-18)19(29)25-14-8-9-15-17(10-14)30-20(27-15)13-6-4-12(11-28)5-7-13/h1-3,8-10,12-13,28H,4-7,11H2,(H,25,29)/t12-,13-. The fraction of sp³-hybridized carbons (Fsp3) is 0.381. The predicted molar refractivity (Wildman–Crippen MR) is 109 cm³/mol. The van der Waals surface area contributed by atoms with Gasteiger partial charge in [0.2, 0.25) is 0 Å². The first kappa shape index (κ1) is 20.7. The maximum atomic E-state index is 12.8. The molecule has 0 saturated heterocycles. The second-order valence-electron chi connectivity index (χ2n) is 7.49. The van der Waals surface area contributed by atoms with Crippen LogP contribution in [0.15, 0.2) is 36.4 Å². The first-order chi connectivity index (χ1) is 14.3. The normalized spacial score (nSPS) is 19.7. The van der Waals surface area contributed by atoms with E-state index in [1.54, 1.807) is 29.5 Å². The quantitative estimate of drug-likeness (QED) is 0.589. The molecule has 30 heavy (non-hydrogen) atoms. The zero-order valence-electron chi connectivity index (χ0n) is 15.9. The van der Waals surface area contributed by atoms with Crippen LogP contribution in [0.2, 0.25) is 0 Å². The molecule has 0 atom stereocenters. The Morgan fingerprint density at radius 2 is 1.90 bits per heavy atom. The number of halogens is 3. The van der Waals surface area contributed by atoms with Gasteiger partial charge in [-0.15, -0.1) is 11.3 Å². The molecule has 0 bridgehead atoms. The number of hydrogen-bond donors (Lipinski definition) is 2. The number of alkyl halides is 3. The Kier molecular flexibility index (Phi) is 5.75. The number of aromatic nitrogens is 2. The van der Waals surface area contributed by atoms with Gasteiger partial charge in [-0.25, -0.2) is 9.97 Å². The molecule has 158 valence electrons. The van der Waals surface area contributed by atoms with Crippen molar-refractivity contribution in [3.63, 3.8) is 0 Å². The van der Waals surface area contributed by atoms with Crippen LogP contribution in [0.4, 0.5) is 18.9 Å². The summed E-state index contributed by atoms with van der Waals surface area (Å²) < 4.78 is 39.4. The summed E-state index contributed by atoms with van der Waals surface area (Å²) in [5.74, 6) is 0.0481. The van der Waals surface area contributed by atoms with Gasteiger partial charge in [-0.05, 0) is 61.9 Å². The fourth-order valence-electron chi connectivity index (χ4n) is 3.70. The lowest BCUT2D eigenvalue weighted by molar-refractivity contribution is -0.141. The van der Waals surface area contributed by atoms with E-state index in [9.17, 15) is 23.1 Å². The number of carbonyl (C=O) groups is 1. The van der Waals surface area contributed by atoms with E-state index in [0.717, 1.165) is 53.0 Å². The SMILES string of the molecule is O=C(Nc1ccc2nc([C@H]3CC[C@H](CO)CC3)sc2c1)c1cccc(C(F)(F)F)n1. The highest BCUT2D eigenvalue weighted by Gasteiger charge is 2.33. The number of aliphatic hydroxyl groups is 1. The third-order valence-electron chi connectivity index (χ3n) is 5.39. The molecule has 1 aromatic carbocycles. The average Bonchev–Trinajstić information content (AvgIpc) is 3.16. The minimum absolute atomic E-state index is 0.232. The van der Waals surface area contributed by atoms with E-state index in [2.05, 4.69) is 10.3 Å². The van der Waals surface area contributed by atoms with E-state index in [4.69, 9.17) is 4.98 Å². The molecule has 1 saturated carbocycles. The smallest absolute Gasteiger partial charge is 0.396 e. The molecule has 2 aromatic heterocycles. The van der Waals surface area contributed by atoms with Crippen LogP contribution in [-0.2, 0) is 6.18 Å². The predicted octanol–water partition coefficient (Wildman–Crippen LogP) is 5.23. The molecule has 0 spiro atoms. The highest BCUT2D eigenvalue weighted by atomic mass is 32.1. The number of fused-ring (bicyclic) bond motifs is 1. The van der Waals surface area contributed by atoms with Crippen molar-refractivity contribution in [3.8, 4) is 0 Å². The lowest BCUT2D eigenvalue weighted by Crippen LogP contribution is -2.16. The summed E-state index contributed by atoms with van der Waals surface area (Å²) in [5, 5.41) is 13.0. The number of thiazole rings is 1. The Morgan fingerprint density at radius 1 is 1.13 bits per heavy atom. The Labute approximate surface area is 175 Å². The molecule has 2 N–H and O–H groups in total. The van der Waals surface area contributed by atoms with Crippen molar-refractivity contribution in [1.82, 2.24) is 9.97 Å². The van der Waals surface area contributed by atoms with Crippen LogP contribution in [0.5, 0.6) is 0 Å². The van der Waals surface area contributed by atoms with Gasteiger partial charge in [0.1, 0.15) is 11.4 Å². The third kappa shape index (κ3) is 4.46. The number of pyridine rings is 1. The van der Waals surface area contributed by atoms with Gasteiger partial charge in [-0.3, -0.25) is 4.79 Å². The molecule has 1 aliphatic carbocycles. The van der Waals surface area contributed by atoms with Crippen molar-refractivity contribution in [2.45, 2.75) is 37.8 Å². The van der Waals surface area contributed by atoms with Gasteiger partial charge in [0.25, 0.3) is 5.91 Å². The summed E-state index contributed by atoms with van der Waals surface area (Å²) in [5.41, 5.74) is -0.0930. The highest BCUT2D eigenvalue weighted by Crippen LogP contribution is 2.39. The van der Waals surface area contributed by atoms with E-state index >= 15 is 0 Å². The molecular formula is C21H20F3N3O2S. The van der Waals surface area contributed by atoms with Crippen LogP contribution in [0, 0.1) is 5.92 Å². The molecule has 5 nitrogen and oxygen atoms in total. The van der Waals surface area contributed by atoms with Gasteiger partial charge in [0, 0.05) is 18.2 Å². The minimum Gasteiger partial charge on any atom is -0.396 e. The molecule has 0 radical (unpaired) electrons. The van der Waals surface area contributed by atoms with Crippen molar-refractivity contribution in [2.75, 3.05) is 11.9 Å². The van der Waals surface area contributed by atoms with Gasteiger partial charge in [0.15, 0.2) is 0 Å². The van der Waals surface area contributed by atoms with Crippen LogP contribution < -0.4 is 5.32 Å². The van der Waals surface area contributed by atoms with Crippen molar-refractivity contribution < 1.29 is 23.1 Å². The summed E-state index contributed by atoms with van der Waals surface area (Å²) in [4.78, 5) is 20.5. The number of carbonyl (C=O) groups excluding carboxylic acids is 1. The van der Waals surface area contributed by atoms with Gasteiger partial charge in [-0.1, -0.05) is 6.07 Å². The summed E-state index contributed by atoms with van der Waals surface area (Å²) in [6.07, 6.45) is -0.638. The molecule has 1 aliphatic rings. The first-order valence-corrected chi connectivity index (χ1v) is 10.5. The number of aliphatic hydroxyl groups excluding tert-OH is 1. The lowest BCUT2D eigenvalue weighted by atomic mass is 9.83. The minimum atomic E-state index is -4.61. The van der Waals surface area contributed by atoms with Crippen LogP contribution in [0.25, 0.3) is 10.2 Å². The van der Waals surface area contributed by atoms with Crippen molar-refractivity contribution >= 4 is 33.1 Å². The highest BCUT2D eigenvalue weighted by molar-refractivity contribution is 7.18. The first-order valence-electron chi connectivity index (χ1n) is 9.70. The van der Waals surface area contributed by atoms with Crippen LogP contribution in [0.1, 0.15) is 52.8 Å². The second kappa shape index (κ2) is 8.31. The molecule has 4 rings (SSSR count). The Hall–Kier alpha value is -2.52.